The smallest absolute Gasteiger partial charge is 0.333 e. The van der Waals surface area contributed by atoms with Crippen molar-refractivity contribution in [3.8, 4) is 0 Å². The maximum Gasteiger partial charge on any atom is 0.333 e. The number of carbonyl (C=O) groups is 3. The van der Waals surface area contributed by atoms with Crippen molar-refractivity contribution >= 4 is 17.7 Å². The van der Waals surface area contributed by atoms with Crippen LogP contribution >= 0.6 is 0 Å². The van der Waals surface area contributed by atoms with Gasteiger partial charge in [0.15, 0.2) is 0 Å². The zero-order chi connectivity index (χ0) is 14.1. The first-order chi connectivity index (χ1) is 8.40. The van der Waals surface area contributed by atoms with E-state index in [1.807, 2.05) is 6.92 Å². The maximum absolute atomic E-state index is 11.6. The van der Waals surface area contributed by atoms with Gasteiger partial charge in [0.1, 0.15) is 24.9 Å². The summed E-state index contributed by atoms with van der Waals surface area (Å²) in [6.45, 7) is 8.11. The van der Waals surface area contributed by atoms with E-state index < -0.39 is 17.9 Å². The number of hydrogen-bond acceptors (Lipinski definition) is 5. The number of hydrogen-bond donors (Lipinski definition) is 0. The number of ether oxygens (including phenoxy) is 2. The average Bonchev–Trinajstić information content (AvgIpc) is 2.30. The van der Waals surface area contributed by atoms with Crippen LogP contribution in [0.2, 0.25) is 0 Å². The molecule has 0 aliphatic carbocycles. The van der Waals surface area contributed by atoms with Crippen molar-refractivity contribution < 1.29 is 23.9 Å². The van der Waals surface area contributed by atoms with Gasteiger partial charge in [0, 0.05) is 5.57 Å². The first kappa shape index (κ1) is 16.4. The number of carbonyl (C=O) groups excluding carboxylic acids is 3. The molecule has 0 aromatic heterocycles. The van der Waals surface area contributed by atoms with Crippen molar-refractivity contribution in [2.24, 2.45) is 5.92 Å². The van der Waals surface area contributed by atoms with Crippen molar-refractivity contribution in [1.29, 1.82) is 0 Å². The molecular weight excluding hydrogens is 236 g/mol. The lowest BCUT2D eigenvalue weighted by Gasteiger charge is -2.12. The maximum atomic E-state index is 11.6. The Balaban J connectivity index is 3.98. The predicted octanol–water partition coefficient (Wildman–Crippen LogP) is 1.65. The molecule has 0 heterocycles. The number of esters is 2. The zero-order valence-electron chi connectivity index (χ0n) is 11.2. The van der Waals surface area contributed by atoms with Gasteiger partial charge in [0.2, 0.25) is 0 Å². The van der Waals surface area contributed by atoms with Gasteiger partial charge in [-0.05, 0) is 20.3 Å². The van der Waals surface area contributed by atoms with Gasteiger partial charge in [0.05, 0.1) is 0 Å². The van der Waals surface area contributed by atoms with Gasteiger partial charge in [-0.15, -0.1) is 0 Å². The Morgan fingerprint density at radius 1 is 1.11 bits per heavy atom. The monoisotopic (exact) mass is 256 g/mol. The summed E-state index contributed by atoms with van der Waals surface area (Å²) in [7, 11) is 0. The van der Waals surface area contributed by atoms with E-state index in [-0.39, 0.29) is 24.6 Å². The van der Waals surface area contributed by atoms with Crippen LogP contribution in [0.5, 0.6) is 0 Å². The van der Waals surface area contributed by atoms with Gasteiger partial charge >= 0.3 is 11.9 Å². The Bertz CT molecular complexity index is 332. The van der Waals surface area contributed by atoms with E-state index in [1.54, 1.807) is 0 Å². The van der Waals surface area contributed by atoms with Crippen LogP contribution in [0.1, 0.15) is 33.6 Å². The normalized spacial score (nSPS) is 11.5. The van der Waals surface area contributed by atoms with E-state index in [2.05, 4.69) is 6.58 Å². The molecule has 0 aliphatic rings. The number of Topliss-reactive ketones (excluding diaryl/α,β-unsaturated/α-hetero) is 1. The van der Waals surface area contributed by atoms with Crippen molar-refractivity contribution in [1.82, 2.24) is 0 Å². The largest absolute Gasteiger partial charge is 0.462 e. The topological polar surface area (TPSA) is 69.7 Å². The highest BCUT2D eigenvalue weighted by molar-refractivity contribution is 5.97. The Labute approximate surface area is 107 Å². The molecule has 0 aliphatic heterocycles. The molecule has 0 N–H and O–H groups in total. The molecule has 0 bridgehead atoms. The zero-order valence-corrected chi connectivity index (χ0v) is 11.2. The van der Waals surface area contributed by atoms with Gasteiger partial charge in [-0.3, -0.25) is 9.59 Å². The van der Waals surface area contributed by atoms with Gasteiger partial charge < -0.3 is 9.47 Å². The highest BCUT2D eigenvalue weighted by atomic mass is 16.6. The Kier molecular flexibility index (Phi) is 7.67. The van der Waals surface area contributed by atoms with Gasteiger partial charge in [0.25, 0.3) is 0 Å². The van der Waals surface area contributed by atoms with Crippen molar-refractivity contribution in [3.63, 3.8) is 0 Å². The molecule has 18 heavy (non-hydrogen) atoms. The molecule has 102 valence electrons. The van der Waals surface area contributed by atoms with Gasteiger partial charge in [-0.25, -0.2) is 4.79 Å². The molecule has 0 spiro atoms. The summed E-state index contributed by atoms with van der Waals surface area (Å²) in [5.74, 6) is -2.01. The molecule has 0 rings (SSSR count). The molecule has 0 saturated carbocycles. The summed E-state index contributed by atoms with van der Waals surface area (Å²) in [6.07, 6.45) is 1.20. The summed E-state index contributed by atoms with van der Waals surface area (Å²) in [5, 5.41) is 0. The lowest BCUT2D eigenvalue weighted by Crippen LogP contribution is -2.25. The molecule has 5 nitrogen and oxygen atoms in total. The molecular formula is C13H20O5. The van der Waals surface area contributed by atoms with E-state index in [4.69, 9.17) is 9.47 Å². The molecule has 0 saturated heterocycles. The van der Waals surface area contributed by atoms with E-state index >= 15 is 0 Å². The molecule has 0 radical (unpaired) electrons. The summed E-state index contributed by atoms with van der Waals surface area (Å²) < 4.78 is 9.63. The lowest BCUT2D eigenvalue weighted by atomic mass is 10.00. The third-order valence-electron chi connectivity index (χ3n) is 2.26. The summed E-state index contributed by atoms with van der Waals surface area (Å²) >= 11 is 0. The van der Waals surface area contributed by atoms with Gasteiger partial charge in [-0.1, -0.05) is 19.9 Å². The fourth-order valence-corrected chi connectivity index (χ4v) is 1.28. The average molecular weight is 256 g/mol. The van der Waals surface area contributed by atoms with Crippen molar-refractivity contribution in [2.75, 3.05) is 13.2 Å². The molecule has 0 aromatic rings. The molecule has 5 heteroatoms. The van der Waals surface area contributed by atoms with E-state index in [9.17, 15) is 14.4 Å². The Morgan fingerprint density at radius 2 is 1.67 bits per heavy atom. The van der Waals surface area contributed by atoms with Gasteiger partial charge in [-0.2, -0.15) is 0 Å². The number of ketones is 1. The Hall–Kier alpha value is -1.65. The van der Waals surface area contributed by atoms with Crippen LogP contribution in [0.3, 0.4) is 0 Å². The molecule has 0 fully saturated rings. The fourth-order valence-electron chi connectivity index (χ4n) is 1.28. The number of rotatable bonds is 8. The second kappa shape index (κ2) is 8.44. The minimum Gasteiger partial charge on any atom is -0.462 e. The molecule has 0 aromatic carbocycles. The van der Waals surface area contributed by atoms with Crippen LogP contribution < -0.4 is 0 Å². The lowest BCUT2D eigenvalue weighted by molar-refractivity contribution is -0.156. The van der Waals surface area contributed by atoms with Crippen molar-refractivity contribution in [2.45, 2.75) is 33.6 Å². The predicted molar refractivity (Wildman–Crippen MR) is 65.8 cm³/mol. The quantitative estimate of drug-likeness (QED) is 0.286. The minimum absolute atomic E-state index is 0.0335. The molecule has 0 amide bonds. The second-order valence-corrected chi connectivity index (χ2v) is 4.04. The SMILES string of the molecule is C=C(C)C(=O)OCCOC(=O)C(CCC)C(C)=O. The fraction of sp³-hybridized carbons (Fsp3) is 0.615. The second-order valence-electron chi connectivity index (χ2n) is 4.04. The van der Waals surface area contributed by atoms with Crippen LogP contribution in [0, 0.1) is 5.92 Å². The summed E-state index contributed by atoms with van der Waals surface area (Å²) in [4.78, 5) is 33.8. The highest BCUT2D eigenvalue weighted by Crippen LogP contribution is 2.09. The van der Waals surface area contributed by atoms with Crippen LogP contribution in [0.25, 0.3) is 0 Å². The standard InChI is InChI=1S/C13H20O5/c1-5-6-11(10(4)14)13(16)18-8-7-17-12(15)9(2)3/h11H,2,5-8H2,1,3-4H3. The molecule has 1 atom stereocenters. The third-order valence-corrected chi connectivity index (χ3v) is 2.26. The van der Waals surface area contributed by atoms with E-state index in [0.717, 1.165) is 6.42 Å². The van der Waals surface area contributed by atoms with Crippen LogP contribution in [-0.2, 0) is 23.9 Å². The first-order valence-corrected chi connectivity index (χ1v) is 5.89. The Morgan fingerprint density at radius 3 is 2.11 bits per heavy atom. The third kappa shape index (κ3) is 6.18. The van der Waals surface area contributed by atoms with Crippen LogP contribution in [0.4, 0.5) is 0 Å². The van der Waals surface area contributed by atoms with E-state index in [0.29, 0.717) is 6.42 Å². The first-order valence-electron chi connectivity index (χ1n) is 5.89. The summed E-state index contributed by atoms with van der Waals surface area (Å²) in [5.41, 5.74) is 0.286. The molecule has 1 unspecified atom stereocenters. The minimum atomic E-state index is -0.716. The van der Waals surface area contributed by atoms with Crippen LogP contribution in [0.15, 0.2) is 12.2 Å². The van der Waals surface area contributed by atoms with Crippen molar-refractivity contribution in [3.05, 3.63) is 12.2 Å². The highest BCUT2D eigenvalue weighted by Gasteiger charge is 2.23. The van der Waals surface area contributed by atoms with E-state index in [1.165, 1.54) is 13.8 Å². The van der Waals surface area contributed by atoms with Crippen LogP contribution in [-0.4, -0.2) is 30.9 Å². The summed E-state index contributed by atoms with van der Waals surface area (Å²) in [6, 6.07) is 0.